The molecule has 0 saturated carbocycles. The van der Waals surface area contributed by atoms with E-state index < -0.39 is 11.8 Å². The van der Waals surface area contributed by atoms with Gasteiger partial charge in [0, 0.05) is 20.7 Å². The number of halogens is 1. The molecule has 0 atom stereocenters. The molecule has 1 amide bonds. The molecular weight excluding hydrogens is 267 g/mol. The van der Waals surface area contributed by atoms with E-state index in [1.54, 1.807) is 0 Å². The number of anilines is 1. The van der Waals surface area contributed by atoms with Crippen molar-refractivity contribution in [1.82, 2.24) is 5.32 Å². The van der Waals surface area contributed by atoms with Crippen LogP contribution in [0.5, 0.6) is 0 Å². The van der Waals surface area contributed by atoms with E-state index >= 15 is 0 Å². The number of rotatable bonds is 7. The van der Waals surface area contributed by atoms with Crippen LogP contribution in [0.15, 0.2) is 18.2 Å². The molecule has 0 radical (unpaired) electrons. The highest BCUT2D eigenvalue weighted by atomic mass is 19.1. The summed E-state index contributed by atoms with van der Waals surface area (Å²) in [6.07, 6.45) is 0. The van der Waals surface area contributed by atoms with Gasteiger partial charge in [-0.3, -0.25) is 4.79 Å². The van der Waals surface area contributed by atoms with E-state index in [1.807, 2.05) is 0 Å². The number of carboxylic acid groups (broad SMARTS) is 1. The highest BCUT2D eigenvalue weighted by Crippen LogP contribution is 2.23. The molecule has 110 valence electrons. The fourth-order valence-corrected chi connectivity index (χ4v) is 1.72. The Hall–Kier alpha value is -2.15. The summed E-state index contributed by atoms with van der Waals surface area (Å²) in [6, 6.07) is 3.76. The Bertz CT molecular complexity index is 493. The first-order valence-electron chi connectivity index (χ1n) is 5.96. The number of benzene rings is 1. The van der Waals surface area contributed by atoms with Crippen molar-refractivity contribution in [1.29, 1.82) is 0 Å². The number of ether oxygens (including phenoxy) is 1. The number of aromatic carboxylic acids is 1. The fourth-order valence-electron chi connectivity index (χ4n) is 1.72. The molecule has 0 aliphatic carbocycles. The molecule has 0 saturated heterocycles. The first-order valence-corrected chi connectivity index (χ1v) is 5.96. The van der Waals surface area contributed by atoms with Gasteiger partial charge in [0.2, 0.25) is 5.91 Å². The predicted molar refractivity (Wildman–Crippen MR) is 71.5 cm³/mol. The van der Waals surface area contributed by atoms with Gasteiger partial charge in [0.1, 0.15) is 5.82 Å². The maximum atomic E-state index is 13.8. The zero-order chi connectivity index (χ0) is 15.1. The van der Waals surface area contributed by atoms with Crippen LogP contribution in [0.25, 0.3) is 0 Å². The summed E-state index contributed by atoms with van der Waals surface area (Å²) < 4.78 is 18.5. The SMILES string of the molecule is COCCNC(=O)CN(C)c1c(F)cccc1C(=O)O. The fraction of sp³-hybridized carbons (Fsp3) is 0.385. The molecule has 20 heavy (non-hydrogen) atoms. The number of hydrogen-bond acceptors (Lipinski definition) is 4. The van der Waals surface area contributed by atoms with Gasteiger partial charge in [-0.2, -0.15) is 0 Å². The standard InChI is InChI=1S/C13H17FN2O4/c1-16(8-11(17)15-6-7-20-2)12-9(13(18)19)4-3-5-10(12)14/h3-5H,6-8H2,1-2H3,(H,15,17)(H,18,19). The quantitative estimate of drug-likeness (QED) is 0.721. The van der Waals surface area contributed by atoms with Gasteiger partial charge in [-0.05, 0) is 12.1 Å². The summed E-state index contributed by atoms with van der Waals surface area (Å²) in [4.78, 5) is 23.9. The van der Waals surface area contributed by atoms with E-state index in [1.165, 1.54) is 31.2 Å². The van der Waals surface area contributed by atoms with Crippen LogP contribution < -0.4 is 10.2 Å². The maximum Gasteiger partial charge on any atom is 0.337 e. The van der Waals surface area contributed by atoms with E-state index in [4.69, 9.17) is 9.84 Å². The largest absolute Gasteiger partial charge is 0.478 e. The number of likely N-dealkylation sites (N-methyl/N-ethyl adjacent to an activating group) is 1. The minimum atomic E-state index is -1.24. The van der Waals surface area contributed by atoms with Crippen molar-refractivity contribution in [3.8, 4) is 0 Å². The lowest BCUT2D eigenvalue weighted by atomic mass is 10.1. The Morgan fingerprint density at radius 2 is 2.15 bits per heavy atom. The molecular formula is C13H17FN2O4. The van der Waals surface area contributed by atoms with Crippen LogP contribution in [0, 0.1) is 5.82 Å². The molecule has 7 heteroatoms. The van der Waals surface area contributed by atoms with Gasteiger partial charge in [0.05, 0.1) is 24.4 Å². The van der Waals surface area contributed by atoms with Crippen LogP contribution in [0.3, 0.4) is 0 Å². The van der Waals surface area contributed by atoms with Crippen LogP contribution in [-0.4, -0.2) is 50.8 Å². The summed E-state index contributed by atoms with van der Waals surface area (Å²) in [7, 11) is 2.97. The lowest BCUT2D eigenvalue weighted by Crippen LogP contribution is -2.37. The third kappa shape index (κ3) is 4.20. The van der Waals surface area contributed by atoms with Crippen molar-refractivity contribution in [2.75, 3.05) is 38.8 Å². The monoisotopic (exact) mass is 284 g/mol. The van der Waals surface area contributed by atoms with Crippen LogP contribution >= 0.6 is 0 Å². The second-order valence-electron chi connectivity index (χ2n) is 4.14. The van der Waals surface area contributed by atoms with Crippen molar-refractivity contribution in [2.45, 2.75) is 0 Å². The molecule has 0 heterocycles. The van der Waals surface area contributed by atoms with Gasteiger partial charge in [0.15, 0.2) is 0 Å². The number of para-hydroxylation sites is 1. The Morgan fingerprint density at radius 1 is 1.45 bits per heavy atom. The van der Waals surface area contributed by atoms with E-state index in [0.717, 1.165) is 6.07 Å². The average Bonchev–Trinajstić information content (AvgIpc) is 2.38. The molecule has 1 aromatic carbocycles. The first-order chi connectivity index (χ1) is 9.47. The molecule has 0 unspecified atom stereocenters. The highest BCUT2D eigenvalue weighted by molar-refractivity contribution is 5.95. The van der Waals surface area contributed by atoms with Crippen molar-refractivity contribution < 1.29 is 23.8 Å². The lowest BCUT2D eigenvalue weighted by molar-refractivity contribution is -0.119. The normalized spacial score (nSPS) is 10.2. The minimum absolute atomic E-state index is 0.109. The number of carboxylic acids is 1. The molecule has 0 aliphatic heterocycles. The van der Waals surface area contributed by atoms with E-state index in [-0.39, 0.29) is 23.7 Å². The van der Waals surface area contributed by atoms with Gasteiger partial charge in [0.25, 0.3) is 0 Å². The number of carbonyl (C=O) groups excluding carboxylic acids is 1. The summed E-state index contributed by atoms with van der Waals surface area (Å²) >= 11 is 0. The lowest BCUT2D eigenvalue weighted by Gasteiger charge is -2.21. The zero-order valence-corrected chi connectivity index (χ0v) is 11.4. The van der Waals surface area contributed by atoms with Gasteiger partial charge >= 0.3 is 5.97 Å². The number of amides is 1. The zero-order valence-electron chi connectivity index (χ0n) is 11.4. The van der Waals surface area contributed by atoms with Gasteiger partial charge in [-0.25, -0.2) is 9.18 Å². The first kappa shape index (κ1) is 15.9. The van der Waals surface area contributed by atoms with Crippen LogP contribution in [0.4, 0.5) is 10.1 Å². The van der Waals surface area contributed by atoms with E-state index in [9.17, 15) is 14.0 Å². The third-order valence-electron chi connectivity index (χ3n) is 2.61. The number of nitrogens with one attached hydrogen (secondary N) is 1. The van der Waals surface area contributed by atoms with Crippen LogP contribution in [0.2, 0.25) is 0 Å². The molecule has 1 aromatic rings. The van der Waals surface area contributed by atoms with E-state index in [2.05, 4.69) is 5.32 Å². The van der Waals surface area contributed by atoms with Crippen LogP contribution in [-0.2, 0) is 9.53 Å². The Kier molecular flexibility index (Phi) is 5.92. The second-order valence-corrected chi connectivity index (χ2v) is 4.14. The Balaban J connectivity index is 2.79. The van der Waals surface area contributed by atoms with Crippen molar-refractivity contribution >= 4 is 17.6 Å². The summed E-state index contributed by atoms with van der Waals surface area (Å²) in [5.41, 5.74) is -0.293. The Labute approximate surface area is 116 Å². The molecule has 0 aliphatic rings. The number of hydrogen-bond donors (Lipinski definition) is 2. The van der Waals surface area contributed by atoms with Crippen molar-refractivity contribution in [3.05, 3.63) is 29.6 Å². The molecule has 1 rings (SSSR count). The highest BCUT2D eigenvalue weighted by Gasteiger charge is 2.19. The van der Waals surface area contributed by atoms with Gasteiger partial charge < -0.3 is 20.1 Å². The average molecular weight is 284 g/mol. The number of nitrogens with zero attached hydrogens (tertiary/aromatic N) is 1. The molecule has 6 nitrogen and oxygen atoms in total. The Morgan fingerprint density at radius 3 is 2.75 bits per heavy atom. The molecule has 2 N–H and O–H groups in total. The second kappa shape index (κ2) is 7.44. The smallest absolute Gasteiger partial charge is 0.337 e. The maximum absolute atomic E-state index is 13.8. The number of carbonyl (C=O) groups is 2. The van der Waals surface area contributed by atoms with Crippen LogP contribution in [0.1, 0.15) is 10.4 Å². The summed E-state index contributed by atoms with van der Waals surface area (Å²) in [5.74, 6) is -2.27. The van der Waals surface area contributed by atoms with Gasteiger partial charge in [-0.1, -0.05) is 6.07 Å². The molecule has 0 bridgehead atoms. The minimum Gasteiger partial charge on any atom is -0.478 e. The molecule has 0 spiro atoms. The predicted octanol–water partition coefficient (Wildman–Crippen LogP) is 0.723. The summed E-state index contributed by atoms with van der Waals surface area (Å²) in [6.45, 7) is 0.562. The van der Waals surface area contributed by atoms with Crippen molar-refractivity contribution in [2.24, 2.45) is 0 Å². The van der Waals surface area contributed by atoms with E-state index in [0.29, 0.717) is 13.2 Å². The molecule has 0 aromatic heterocycles. The number of methoxy groups -OCH3 is 1. The third-order valence-corrected chi connectivity index (χ3v) is 2.61. The summed E-state index contributed by atoms with van der Waals surface area (Å²) in [5, 5.41) is 11.6. The molecule has 0 fully saturated rings. The van der Waals surface area contributed by atoms with Gasteiger partial charge in [-0.15, -0.1) is 0 Å². The van der Waals surface area contributed by atoms with Crippen molar-refractivity contribution in [3.63, 3.8) is 0 Å². The topological polar surface area (TPSA) is 78.9 Å².